The van der Waals surface area contributed by atoms with Gasteiger partial charge >= 0.3 is 0 Å². The minimum Gasteiger partial charge on any atom is -0.340 e. The smallest absolute Gasteiger partial charge is 0.206 e. The molecule has 2 aliphatic carbocycles. The van der Waals surface area contributed by atoms with E-state index in [4.69, 9.17) is 5.41 Å². The van der Waals surface area contributed by atoms with Gasteiger partial charge in [-0.2, -0.15) is 0 Å². The van der Waals surface area contributed by atoms with E-state index in [0.717, 1.165) is 48.8 Å². The fourth-order valence-corrected chi connectivity index (χ4v) is 7.50. The summed E-state index contributed by atoms with van der Waals surface area (Å²) in [6.45, 7) is 0. The van der Waals surface area contributed by atoms with Crippen molar-refractivity contribution in [2.75, 3.05) is 0 Å². The second-order valence-corrected chi connectivity index (χ2v) is 12.3. The highest BCUT2D eigenvalue weighted by atomic mass is 127. The number of nitrogens with one attached hydrogen (secondary N) is 2. The number of ketones is 1. The van der Waals surface area contributed by atoms with Crippen molar-refractivity contribution in [2.24, 2.45) is 11.8 Å². The molecular weight excluding hydrogens is 569 g/mol. The van der Waals surface area contributed by atoms with Gasteiger partial charge in [-0.3, -0.25) is 4.79 Å². The Bertz CT molecular complexity index is 1220. The Labute approximate surface area is 222 Å². The lowest BCUT2D eigenvalue weighted by molar-refractivity contribution is 0.105. The van der Waals surface area contributed by atoms with Gasteiger partial charge in [0.05, 0.1) is 5.71 Å². The Morgan fingerprint density at radius 1 is 1.06 bits per heavy atom. The summed E-state index contributed by atoms with van der Waals surface area (Å²) < 4.78 is 34.2. The van der Waals surface area contributed by atoms with Crippen molar-refractivity contribution < 1.29 is 13.6 Å². The second-order valence-electron chi connectivity index (χ2n) is 10.5. The average molecular weight is 603 g/mol. The molecule has 1 unspecified atom stereocenters. The van der Waals surface area contributed by atoms with Crippen molar-refractivity contribution in [1.29, 1.82) is 5.41 Å². The van der Waals surface area contributed by atoms with Crippen LogP contribution in [-0.4, -0.2) is 15.5 Å². The van der Waals surface area contributed by atoms with Crippen LogP contribution in [0.3, 0.4) is 0 Å². The molecule has 2 aromatic rings. The number of benzene rings is 2. The molecule has 1 heterocycles. The van der Waals surface area contributed by atoms with Crippen LogP contribution in [0.15, 0.2) is 42.6 Å². The fraction of sp³-hybridized carbons (Fsp3) is 0.433. The number of carbonyl (C=O) groups excluding carboxylic acids is 1. The number of hydrogen-bond acceptors (Lipinski definition) is 3. The Morgan fingerprint density at radius 2 is 1.89 bits per heavy atom. The van der Waals surface area contributed by atoms with Crippen molar-refractivity contribution in [2.45, 2.75) is 70.1 Å². The number of halogens is 3. The highest BCUT2D eigenvalue weighted by molar-refractivity contribution is 14.2. The monoisotopic (exact) mass is 602 g/mol. The third kappa shape index (κ3) is 5.68. The first-order valence-electron chi connectivity index (χ1n) is 13.1. The van der Waals surface area contributed by atoms with Crippen LogP contribution in [0.4, 0.5) is 8.78 Å². The van der Waals surface area contributed by atoms with Crippen LogP contribution in [0.2, 0.25) is 0 Å². The summed E-state index contributed by atoms with van der Waals surface area (Å²) in [7, 11) is 0. The summed E-state index contributed by atoms with van der Waals surface area (Å²) in [5.41, 5.74) is 3.73. The van der Waals surface area contributed by atoms with Gasteiger partial charge in [-0.15, -0.1) is 0 Å². The molecular formula is C30H33F2IN2O. The molecule has 6 heteroatoms. The Hall–Kier alpha value is -2.22. The van der Waals surface area contributed by atoms with Crippen molar-refractivity contribution in [1.82, 2.24) is 3.53 Å². The highest BCUT2D eigenvalue weighted by Gasteiger charge is 2.35. The Balaban J connectivity index is 1.38. The van der Waals surface area contributed by atoms with E-state index in [-0.39, 0.29) is 44.2 Å². The largest absolute Gasteiger partial charge is 0.340 e. The summed E-state index contributed by atoms with van der Waals surface area (Å²) in [5, 5.41) is 8.53. The maximum atomic E-state index is 15.3. The van der Waals surface area contributed by atoms with Gasteiger partial charge < -0.3 is 8.94 Å². The average Bonchev–Trinajstić information content (AvgIpc) is 3.57. The van der Waals surface area contributed by atoms with Crippen molar-refractivity contribution in [3.05, 3.63) is 76.5 Å². The molecule has 0 aromatic heterocycles. The number of Topliss-reactive ketones (excluding diaryl/α,β-unsaturated/α-hetero) is 1. The van der Waals surface area contributed by atoms with Gasteiger partial charge in [-0.05, 0) is 117 Å². The zero-order valence-corrected chi connectivity index (χ0v) is 22.6. The number of carbonyl (C=O) groups is 1. The molecule has 2 saturated carbocycles. The lowest BCUT2D eigenvalue weighted by Crippen LogP contribution is -2.28. The van der Waals surface area contributed by atoms with Gasteiger partial charge in [-0.1, -0.05) is 37.8 Å². The number of hydrogen-bond donors (Lipinski definition) is 2. The zero-order chi connectivity index (χ0) is 25.1. The Kier molecular flexibility index (Phi) is 8.09. The molecule has 0 radical (unpaired) electrons. The molecule has 0 bridgehead atoms. The standard InChI is InChI=1S/C30H33F2IN2O/c31-23-7-3-6-20(14-23)8-10-21-11-12-24(21)26-15-25(22-17-33-35-18-22)28(32)16-27(26)30(36)29(34)13-9-19-4-1-2-5-19/h3,6-7,14-19,21,24,34-35H,1-2,4-5,8-13H2/t21?,24-/m0/s1. The molecule has 0 amide bonds. The minimum atomic E-state index is -0.392. The number of rotatable bonds is 10. The predicted octanol–water partition coefficient (Wildman–Crippen LogP) is 7.90. The maximum Gasteiger partial charge on any atom is 0.206 e. The molecule has 5 rings (SSSR count). The van der Waals surface area contributed by atoms with E-state index in [1.165, 1.54) is 37.8 Å². The normalized spacial score (nSPS) is 21.4. The Morgan fingerprint density at radius 3 is 2.58 bits per heavy atom. The van der Waals surface area contributed by atoms with Gasteiger partial charge in [-0.25, -0.2) is 8.78 Å². The van der Waals surface area contributed by atoms with Crippen LogP contribution in [0.1, 0.15) is 90.8 Å². The first-order chi connectivity index (χ1) is 17.5. The number of allylic oxidation sites excluding steroid dienone is 1. The first kappa shape index (κ1) is 25.4. The van der Waals surface area contributed by atoms with E-state index in [0.29, 0.717) is 29.4 Å². The lowest BCUT2D eigenvalue weighted by Gasteiger charge is -2.38. The van der Waals surface area contributed by atoms with Gasteiger partial charge in [0.15, 0.2) is 0 Å². The van der Waals surface area contributed by atoms with Crippen molar-refractivity contribution in [3.8, 4) is 0 Å². The van der Waals surface area contributed by atoms with Crippen LogP contribution in [0, 0.1) is 28.9 Å². The maximum absolute atomic E-state index is 15.3. The molecule has 3 aliphatic rings. The van der Waals surface area contributed by atoms with Crippen LogP contribution in [0.25, 0.3) is 5.57 Å². The molecule has 2 N–H and O–H groups in total. The van der Waals surface area contributed by atoms with Crippen LogP contribution >= 0.6 is 21.0 Å². The van der Waals surface area contributed by atoms with Gasteiger partial charge in [0, 0.05) is 22.9 Å². The molecule has 2 aromatic carbocycles. The topological polar surface area (TPSA) is 53.0 Å². The molecule has 0 spiro atoms. The molecule has 36 heavy (non-hydrogen) atoms. The van der Waals surface area contributed by atoms with E-state index in [1.54, 1.807) is 12.1 Å². The van der Waals surface area contributed by atoms with Crippen LogP contribution in [0.5, 0.6) is 0 Å². The van der Waals surface area contributed by atoms with E-state index < -0.39 is 5.82 Å². The SMILES string of the molecule is N=C(CCC1CCCC1)C(=O)c1cc(F)c(C2=CNI=C2)cc1[C@H]1CCC1CCc1cccc(F)c1. The molecule has 2 atom stereocenters. The second kappa shape index (κ2) is 11.4. The van der Waals surface area contributed by atoms with E-state index in [1.807, 2.05) is 18.3 Å². The van der Waals surface area contributed by atoms with Gasteiger partial charge in [0.25, 0.3) is 0 Å². The third-order valence-corrected chi connectivity index (χ3v) is 9.85. The van der Waals surface area contributed by atoms with Gasteiger partial charge in [0.1, 0.15) is 11.6 Å². The fourth-order valence-electron chi connectivity index (χ4n) is 5.96. The summed E-state index contributed by atoms with van der Waals surface area (Å²) in [6, 6.07) is 10.0. The van der Waals surface area contributed by atoms with Gasteiger partial charge in [0.2, 0.25) is 5.78 Å². The highest BCUT2D eigenvalue weighted by Crippen LogP contribution is 2.47. The van der Waals surface area contributed by atoms with E-state index in [2.05, 4.69) is 7.54 Å². The van der Waals surface area contributed by atoms with E-state index in [9.17, 15) is 9.18 Å². The summed E-state index contributed by atoms with van der Waals surface area (Å²) in [5.74, 6) is 0.191. The number of aryl methyl sites for hydroxylation is 1. The summed E-state index contributed by atoms with van der Waals surface area (Å²) >= 11 is -0.304. The van der Waals surface area contributed by atoms with Crippen LogP contribution in [-0.2, 0) is 6.42 Å². The molecule has 190 valence electrons. The zero-order valence-electron chi connectivity index (χ0n) is 20.5. The predicted molar refractivity (Wildman–Crippen MR) is 151 cm³/mol. The third-order valence-electron chi connectivity index (χ3n) is 8.20. The van der Waals surface area contributed by atoms with Crippen molar-refractivity contribution >= 4 is 42.1 Å². The molecule has 3 nitrogen and oxygen atoms in total. The molecule has 0 saturated heterocycles. The summed E-state index contributed by atoms with van der Waals surface area (Å²) in [6.07, 6.45) is 11.7. The molecule has 1 aliphatic heterocycles. The first-order valence-corrected chi connectivity index (χ1v) is 15.4. The molecule has 2 fully saturated rings. The minimum absolute atomic E-state index is 0.102. The lowest BCUT2D eigenvalue weighted by atomic mass is 9.66. The van der Waals surface area contributed by atoms with Crippen molar-refractivity contribution in [3.63, 3.8) is 0 Å². The van der Waals surface area contributed by atoms with Crippen LogP contribution < -0.4 is 3.53 Å². The summed E-state index contributed by atoms with van der Waals surface area (Å²) in [4.78, 5) is 13.5. The quantitative estimate of drug-likeness (QED) is 0.126. The van der Waals surface area contributed by atoms with E-state index >= 15 is 4.39 Å².